The van der Waals surface area contributed by atoms with Gasteiger partial charge in [0.25, 0.3) is 0 Å². The molecule has 0 radical (unpaired) electrons. The van der Waals surface area contributed by atoms with E-state index < -0.39 is 97.5 Å². The van der Waals surface area contributed by atoms with E-state index in [1.165, 1.54) is 193 Å². The molecule has 0 amide bonds. The van der Waals surface area contributed by atoms with Gasteiger partial charge in [-0.15, -0.1) is 0 Å². The highest BCUT2D eigenvalue weighted by Crippen LogP contribution is 2.45. The Kier molecular flexibility index (Phi) is 64.3. The minimum atomic E-state index is -4.96. The topological polar surface area (TPSA) is 237 Å². The number of carbonyl (C=O) groups excluding carboxylic acids is 4. The summed E-state index contributed by atoms with van der Waals surface area (Å²) in [6, 6.07) is 0. The maximum Gasteiger partial charge on any atom is 0.472 e. The van der Waals surface area contributed by atoms with Gasteiger partial charge < -0.3 is 33.8 Å². The SMILES string of the molecule is CCCCCCCCCCCCCCC(=O)OC[C@H](COP(=O)(O)OC[C@H](O)COP(=O)(O)OC[C@@H](COC(=O)CCCCCCCCCCCC(C)C)OC(=O)CCCCCCCCCCCCCCCCC(C)CC)OC(=O)CCCCCCCCCCC(C)CC. The molecule has 0 aliphatic rings. The summed E-state index contributed by atoms with van der Waals surface area (Å²) < 4.78 is 68.5. The summed E-state index contributed by atoms with van der Waals surface area (Å²) in [7, 11) is -9.91. The van der Waals surface area contributed by atoms with Crippen molar-refractivity contribution >= 4 is 39.5 Å². The van der Waals surface area contributed by atoms with Crippen LogP contribution in [0.25, 0.3) is 0 Å². The third kappa shape index (κ3) is 66.0. The summed E-state index contributed by atoms with van der Waals surface area (Å²) in [6.45, 7) is 11.9. The Morgan fingerprint density at radius 1 is 0.309 bits per heavy atom. The second-order valence-electron chi connectivity index (χ2n) is 28.0. The number of carbonyl (C=O) groups is 4. The summed E-state index contributed by atoms with van der Waals surface area (Å²) in [5, 5.41) is 10.6. The van der Waals surface area contributed by atoms with Crippen molar-refractivity contribution in [2.75, 3.05) is 39.6 Å². The largest absolute Gasteiger partial charge is 0.472 e. The Bertz CT molecular complexity index is 1840. The first-order chi connectivity index (χ1) is 45.3. The molecule has 7 atom stereocenters. The lowest BCUT2D eigenvalue weighted by Crippen LogP contribution is -2.30. The number of hydrogen-bond acceptors (Lipinski definition) is 15. The van der Waals surface area contributed by atoms with E-state index in [4.69, 9.17) is 37.0 Å². The molecule has 4 unspecified atom stereocenters. The first-order valence-corrected chi connectivity index (χ1v) is 41.9. The molecule has 0 rings (SSSR count). The lowest BCUT2D eigenvalue weighted by atomic mass is 9.99. The molecule has 94 heavy (non-hydrogen) atoms. The summed E-state index contributed by atoms with van der Waals surface area (Å²) in [4.78, 5) is 72.8. The van der Waals surface area contributed by atoms with Gasteiger partial charge in [-0.05, 0) is 43.4 Å². The van der Waals surface area contributed by atoms with Crippen LogP contribution in [0.4, 0.5) is 0 Å². The number of phosphoric ester groups is 2. The fourth-order valence-corrected chi connectivity index (χ4v) is 12.9. The minimum Gasteiger partial charge on any atom is -0.462 e. The second kappa shape index (κ2) is 65.7. The normalized spacial score (nSPS) is 14.7. The van der Waals surface area contributed by atoms with Crippen molar-refractivity contribution in [3.63, 3.8) is 0 Å². The van der Waals surface area contributed by atoms with Crippen molar-refractivity contribution in [2.24, 2.45) is 17.8 Å². The highest BCUT2D eigenvalue weighted by Gasteiger charge is 2.30. The van der Waals surface area contributed by atoms with Gasteiger partial charge in [0.2, 0.25) is 0 Å². The molecule has 3 N–H and O–H groups in total. The number of aliphatic hydroxyl groups excluding tert-OH is 1. The minimum absolute atomic E-state index is 0.105. The van der Waals surface area contributed by atoms with Crippen LogP contribution in [0.1, 0.15) is 382 Å². The molecule has 0 bridgehead atoms. The first-order valence-electron chi connectivity index (χ1n) is 38.9. The van der Waals surface area contributed by atoms with Gasteiger partial charge in [0, 0.05) is 25.7 Å². The maximum atomic E-state index is 13.1. The molecule has 0 aromatic rings. The van der Waals surface area contributed by atoms with Gasteiger partial charge >= 0.3 is 39.5 Å². The molecule has 0 spiro atoms. The van der Waals surface area contributed by atoms with Crippen molar-refractivity contribution in [2.45, 2.75) is 401 Å². The van der Waals surface area contributed by atoms with Crippen LogP contribution in [0.2, 0.25) is 0 Å². The molecule has 0 saturated carbocycles. The van der Waals surface area contributed by atoms with Gasteiger partial charge in [-0.1, -0.05) is 331 Å². The van der Waals surface area contributed by atoms with Crippen molar-refractivity contribution in [3.05, 3.63) is 0 Å². The van der Waals surface area contributed by atoms with Crippen LogP contribution in [-0.4, -0.2) is 96.7 Å². The van der Waals surface area contributed by atoms with E-state index in [-0.39, 0.29) is 25.7 Å². The van der Waals surface area contributed by atoms with Crippen LogP contribution in [0.5, 0.6) is 0 Å². The van der Waals surface area contributed by atoms with E-state index >= 15 is 0 Å². The van der Waals surface area contributed by atoms with Gasteiger partial charge in [0.15, 0.2) is 12.2 Å². The zero-order chi connectivity index (χ0) is 69.4. The highest BCUT2D eigenvalue weighted by molar-refractivity contribution is 7.47. The number of unbranched alkanes of at least 4 members (excludes halogenated alkanes) is 39. The van der Waals surface area contributed by atoms with Gasteiger partial charge in [-0.2, -0.15) is 0 Å². The van der Waals surface area contributed by atoms with Crippen molar-refractivity contribution in [1.82, 2.24) is 0 Å². The van der Waals surface area contributed by atoms with Gasteiger partial charge in [-0.3, -0.25) is 37.3 Å². The number of phosphoric acid groups is 2. The molecule has 0 fully saturated rings. The van der Waals surface area contributed by atoms with Crippen molar-refractivity contribution < 1.29 is 80.2 Å². The van der Waals surface area contributed by atoms with Crippen LogP contribution in [0.3, 0.4) is 0 Å². The molecular formula is C75H146O17P2. The van der Waals surface area contributed by atoms with E-state index in [0.29, 0.717) is 25.7 Å². The van der Waals surface area contributed by atoms with Gasteiger partial charge in [-0.25, -0.2) is 9.13 Å². The number of rotatable bonds is 73. The molecule has 17 nitrogen and oxygen atoms in total. The number of ether oxygens (including phenoxy) is 4. The molecule has 0 aliphatic carbocycles. The van der Waals surface area contributed by atoms with Crippen LogP contribution >= 0.6 is 15.6 Å². The van der Waals surface area contributed by atoms with E-state index in [9.17, 15) is 43.2 Å². The van der Waals surface area contributed by atoms with Crippen LogP contribution in [0.15, 0.2) is 0 Å². The molecule has 0 heterocycles. The zero-order valence-corrected chi connectivity index (χ0v) is 63.2. The Morgan fingerprint density at radius 2 is 0.543 bits per heavy atom. The molecule has 558 valence electrons. The first kappa shape index (κ1) is 92.1. The molecule has 0 aromatic heterocycles. The number of hydrogen-bond donors (Lipinski definition) is 3. The lowest BCUT2D eigenvalue weighted by Gasteiger charge is -2.21. The summed E-state index contributed by atoms with van der Waals surface area (Å²) in [5.41, 5.74) is 0. The third-order valence-corrected chi connectivity index (χ3v) is 20.0. The average Bonchev–Trinajstić information content (AvgIpc) is 1.50. The van der Waals surface area contributed by atoms with Crippen molar-refractivity contribution in [1.29, 1.82) is 0 Å². The average molecular weight is 1380 g/mol. The maximum absolute atomic E-state index is 13.1. The predicted molar refractivity (Wildman–Crippen MR) is 381 cm³/mol. The van der Waals surface area contributed by atoms with E-state index in [1.807, 2.05) is 0 Å². The quantitative estimate of drug-likeness (QED) is 0.0222. The van der Waals surface area contributed by atoms with E-state index in [0.717, 1.165) is 108 Å². The van der Waals surface area contributed by atoms with Crippen LogP contribution in [-0.2, 0) is 65.4 Å². The standard InChI is InChI=1S/C75H146O17P2/c1-8-11-12-13-14-15-16-22-27-35-42-49-56-72(77)85-63-71(92-75(80)59-52-45-38-31-30-34-41-48-55-68(7)10-3)65-90-94(83,84)88-61-69(76)60-87-93(81,82)89-64-70(62-86-73(78)57-50-43-36-29-24-25-32-39-46-53-66(4)5)91-74(79)58-51-44-37-28-23-20-18-17-19-21-26-33-40-47-54-67(6)9-2/h66-71,76H,8-65H2,1-7H3,(H,81,82)(H,83,84)/t67?,68?,69-,70-,71-/m1/s1. The van der Waals surface area contributed by atoms with Crippen LogP contribution < -0.4 is 0 Å². The summed E-state index contributed by atoms with van der Waals surface area (Å²) in [5.74, 6) is 0.240. The fourth-order valence-electron chi connectivity index (χ4n) is 11.4. The molecule has 19 heteroatoms. The molecule has 0 saturated heterocycles. The summed E-state index contributed by atoms with van der Waals surface area (Å²) >= 11 is 0. The fraction of sp³-hybridized carbons (Fsp3) is 0.947. The summed E-state index contributed by atoms with van der Waals surface area (Å²) in [6.07, 6.45) is 51.1. The van der Waals surface area contributed by atoms with Crippen molar-refractivity contribution in [3.8, 4) is 0 Å². The lowest BCUT2D eigenvalue weighted by molar-refractivity contribution is -0.161. The Morgan fingerprint density at radius 3 is 0.809 bits per heavy atom. The Balaban J connectivity index is 5.25. The van der Waals surface area contributed by atoms with Gasteiger partial charge in [0.1, 0.15) is 19.3 Å². The smallest absolute Gasteiger partial charge is 0.462 e. The molecule has 0 aromatic carbocycles. The third-order valence-electron chi connectivity index (χ3n) is 18.1. The van der Waals surface area contributed by atoms with Gasteiger partial charge in [0.05, 0.1) is 26.4 Å². The Hall–Kier alpha value is -1.94. The highest BCUT2D eigenvalue weighted by atomic mass is 31.2. The van der Waals surface area contributed by atoms with Crippen LogP contribution in [0, 0.1) is 17.8 Å². The second-order valence-corrected chi connectivity index (χ2v) is 30.9. The molecular weight excluding hydrogens is 1230 g/mol. The van der Waals surface area contributed by atoms with E-state index in [1.54, 1.807) is 0 Å². The molecule has 0 aliphatic heterocycles. The Labute approximate surface area is 575 Å². The monoisotopic (exact) mass is 1380 g/mol. The van der Waals surface area contributed by atoms with E-state index in [2.05, 4.69) is 48.5 Å². The number of esters is 4. The zero-order valence-electron chi connectivity index (χ0n) is 61.4. The number of aliphatic hydroxyl groups is 1. The predicted octanol–water partition coefficient (Wildman–Crippen LogP) is 21.8.